The highest BCUT2D eigenvalue weighted by Crippen LogP contribution is 2.66. The van der Waals surface area contributed by atoms with E-state index in [0.717, 1.165) is 12.7 Å². The maximum Gasteiger partial charge on any atom is 0.120 e. The van der Waals surface area contributed by atoms with E-state index in [9.17, 15) is 4.79 Å². The third-order valence-electron chi connectivity index (χ3n) is 2.81. The van der Waals surface area contributed by atoms with Gasteiger partial charge in [0, 0.05) is 11.8 Å². The molecule has 0 amide bonds. The summed E-state index contributed by atoms with van der Waals surface area (Å²) in [5.74, 6) is 0. The zero-order chi connectivity index (χ0) is 9.41. The molecule has 1 rings (SSSR count). The Morgan fingerprint density at radius 1 is 1.50 bits per heavy atom. The van der Waals surface area contributed by atoms with E-state index >= 15 is 0 Å². The standard InChI is InChI=1S/C9H12Cl2O/c1-8(2)6-9(8,3-4-12)5-7(10)11/h4-5H,3,6H2,1-2H3/t9-/m1/s1. The Morgan fingerprint density at radius 2 is 2.00 bits per heavy atom. The molecule has 0 unspecified atom stereocenters. The summed E-state index contributed by atoms with van der Waals surface area (Å²) < 4.78 is 0.266. The molecule has 0 aromatic heterocycles. The number of halogens is 2. The lowest BCUT2D eigenvalue weighted by molar-refractivity contribution is -0.108. The minimum atomic E-state index is -0.0758. The summed E-state index contributed by atoms with van der Waals surface area (Å²) in [6.45, 7) is 4.23. The fourth-order valence-corrected chi connectivity index (χ4v) is 2.17. The molecule has 1 nitrogen and oxygen atoms in total. The van der Waals surface area contributed by atoms with Gasteiger partial charge in [-0.1, -0.05) is 37.0 Å². The molecular formula is C9H12Cl2O. The van der Waals surface area contributed by atoms with Crippen molar-refractivity contribution in [1.29, 1.82) is 0 Å². The van der Waals surface area contributed by atoms with Crippen molar-refractivity contribution in [1.82, 2.24) is 0 Å². The number of hydrogen-bond acceptors (Lipinski definition) is 1. The normalized spacial score (nSPS) is 31.0. The van der Waals surface area contributed by atoms with Crippen LogP contribution in [-0.2, 0) is 4.79 Å². The SMILES string of the molecule is CC1(C)C[C@]1(C=C(Cl)Cl)CC=O. The summed E-state index contributed by atoms with van der Waals surface area (Å²) in [4.78, 5) is 10.4. The third kappa shape index (κ3) is 1.67. The van der Waals surface area contributed by atoms with Crippen molar-refractivity contribution in [2.75, 3.05) is 0 Å². The van der Waals surface area contributed by atoms with Crippen LogP contribution in [0.3, 0.4) is 0 Å². The van der Waals surface area contributed by atoms with Gasteiger partial charge in [-0.25, -0.2) is 0 Å². The zero-order valence-electron chi connectivity index (χ0n) is 7.23. The average molecular weight is 207 g/mol. The number of carbonyl (C=O) groups excluding carboxylic acids is 1. The molecular weight excluding hydrogens is 195 g/mol. The van der Waals surface area contributed by atoms with Crippen LogP contribution in [0.4, 0.5) is 0 Å². The molecule has 1 saturated carbocycles. The molecule has 0 bridgehead atoms. The molecule has 0 N–H and O–H groups in total. The molecule has 0 aromatic carbocycles. The second-order valence-corrected chi connectivity index (χ2v) is 5.03. The number of rotatable bonds is 3. The van der Waals surface area contributed by atoms with Gasteiger partial charge in [-0.3, -0.25) is 0 Å². The predicted molar refractivity (Wildman–Crippen MR) is 51.3 cm³/mol. The van der Waals surface area contributed by atoms with Crippen molar-refractivity contribution < 1.29 is 4.79 Å². The van der Waals surface area contributed by atoms with Gasteiger partial charge in [0.2, 0.25) is 0 Å². The predicted octanol–water partition coefficient (Wildman–Crippen LogP) is 3.31. The Labute approximate surface area is 82.7 Å². The van der Waals surface area contributed by atoms with Crippen LogP contribution in [0.5, 0.6) is 0 Å². The molecule has 0 saturated heterocycles. The van der Waals surface area contributed by atoms with E-state index in [4.69, 9.17) is 23.2 Å². The first-order valence-electron chi connectivity index (χ1n) is 3.91. The van der Waals surface area contributed by atoms with Crippen molar-refractivity contribution in [2.24, 2.45) is 10.8 Å². The van der Waals surface area contributed by atoms with Crippen molar-refractivity contribution in [3.8, 4) is 0 Å². The first-order valence-corrected chi connectivity index (χ1v) is 4.67. The highest BCUT2D eigenvalue weighted by molar-refractivity contribution is 6.55. The molecule has 3 heteroatoms. The van der Waals surface area contributed by atoms with Crippen LogP contribution in [0.2, 0.25) is 0 Å². The van der Waals surface area contributed by atoms with Crippen molar-refractivity contribution in [3.63, 3.8) is 0 Å². The summed E-state index contributed by atoms with van der Waals surface area (Å²) in [5, 5.41) is 0. The minimum absolute atomic E-state index is 0.0758. The van der Waals surface area contributed by atoms with Crippen LogP contribution in [0.25, 0.3) is 0 Å². The number of allylic oxidation sites excluding steroid dienone is 1. The van der Waals surface area contributed by atoms with E-state index in [1.165, 1.54) is 0 Å². The first-order chi connectivity index (χ1) is 5.43. The number of hydrogen-bond donors (Lipinski definition) is 0. The van der Waals surface area contributed by atoms with Gasteiger partial charge in [0.05, 0.1) is 0 Å². The molecule has 0 aliphatic heterocycles. The van der Waals surface area contributed by atoms with Crippen LogP contribution < -0.4 is 0 Å². The molecule has 0 heterocycles. The maximum absolute atomic E-state index is 10.4. The van der Waals surface area contributed by atoms with E-state index < -0.39 is 0 Å². The van der Waals surface area contributed by atoms with E-state index in [1.54, 1.807) is 6.08 Å². The molecule has 1 fully saturated rings. The summed E-state index contributed by atoms with van der Waals surface area (Å²) in [5.41, 5.74) is 0.0938. The van der Waals surface area contributed by atoms with Crippen LogP contribution in [-0.4, -0.2) is 6.29 Å². The second kappa shape index (κ2) is 3.04. The summed E-state index contributed by atoms with van der Waals surface area (Å²) in [6.07, 6.45) is 4.23. The highest BCUT2D eigenvalue weighted by Gasteiger charge is 2.59. The van der Waals surface area contributed by atoms with E-state index in [0.29, 0.717) is 6.42 Å². The lowest BCUT2D eigenvalue weighted by Crippen LogP contribution is -2.06. The Kier molecular flexibility index (Phi) is 2.55. The Hall–Kier alpha value is -0.0100. The Balaban J connectivity index is 2.79. The summed E-state index contributed by atoms with van der Waals surface area (Å²) in [7, 11) is 0. The molecule has 0 aromatic rings. The first kappa shape index (κ1) is 10.1. The molecule has 68 valence electrons. The molecule has 1 aliphatic carbocycles. The smallest absolute Gasteiger partial charge is 0.120 e. The monoisotopic (exact) mass is 206 g/mol. The average Bonchev–Trinajstić information content (AvgIpc) is 2.31. The quantitative estimate of drug-likeness (QED) is 0.649. The van der Waals surface area contributed by atoms with Crippen LogP contribution >= 0.6 is 23.2 Å². The van der Waals surface area contributed by atoms with Gasteiger partial charge in [0.25, 0.3) is 0 Å². The van der Waals surface area contributed by atoms with E-state index in [2.05, 4.69) is 13.8 Å². The second-order valence-electron chi connectivity index (χ2n) is 4.02. The van der Waals surface area contributed by atoms with E-state index in [1.807, 2.05) is 0 Å². The van der Waals surface area contributed by atoms with Gasteiger partial charge in [0.1, 0.15) is 10.8 Å². The number of aldehydes is 1. The van der Waals surface area contributed by atoms with E-state index in [-0.39, 0.29) is 15.3 Å². The van der Waals surface area contributed by atoms with Crippen LogP contribution in [0.15, 0.2) is 10.6 Å². The highest BCUT2D eigenvalue weighted by atomic mass is 35.5. The van der Waals surface area contributed by atoms with Crippen molar-refractivity contribution >= 4 is 29.5 Å². The lowest BCUT2D eigenvalue weighted by Gasteiger charge is -2.12. The van der Waals surface area contributed by atoms with Crippen LogP contribution in [0.1, 0.15) is 26.7 Å². The number of carbonyl (C=O) groups is 1. The molecule has 0 spiro atoms. The fraction of sp³-hybridized carbons (Fsp3) is 0.667. The molecule has 1 aliphatic rings. The van der Waals surface area contributed by atoms with Gasteiger partial charge >= 0.3 is 0 Å². The summed E-state index contributed by atoms with van der Waals surface area (Å²) in [6, 6.07) is 0. The van der Waals surface area contributed by atoms with Gasteiger partial charge < -0.3 is 4.79 Å². The molecule has 1 atom stereocenters. The fourth-order valence-electron chi connectivity index (χ4n) is 1.76. The summed E-state index contributed by atoms with van der Waals surface area (Å²) >= 11 is 11.2. The Bertz CT molecular complexity index is 229. The zero-order valence-corrected chi connectivity index (χ0v) is 8.74. The van der Waals surface area contributed by atoms with Crippen molar-refractivity contribution in [3.05, 3.63) is 10.6 Å². The largest absolute Gasteiger partial charge is 0.303 e. The topological polar surface area (TPSA) is 17.1 Å². The third-order valence-corrected chi connectivity index (χ3v) is 3.03. The van der Waals surface area contributed by atoms with Gasteiger partial charge in [-0.15, -0.1) is 0 Å². The Morgan fingerprint density at radius 3 is 2.25 bits per heavy atom. The van der Waals surface area contributed by atoms with Crippen LogP contribution in [0, 0.1) is 10.8 Å². The lowest BCUT2D eigenvalue weighted by atomic mass is 9.93. The maximum atomic E-state index is 10.4. The van der Waals surface area contributed by atoms with Crippen molar-refractivity contribution in [2.45, 2.75) is 26.7 Å². The molecule has 12 heavy (non-hydrogen) atoms. The van der Waals surface area contributed by atoms with Gasteiger partial charge in [0.15, 0.2) is 0 Å². The van der Waals surface area contributed by atoms with Gasteiger partial charge in [-0.2, -0.15) is 0 Å². The van der Waals surface area contributed by atoms with Gasteiger partial charge in [-0.05, 0) is 17.9 Å². The minimum Gasteiger partial charge on any atom is -0.303 e. The molecule has 0 radical (unpaired) electrons.